The van der Waals surface area contributed by atoms with Gasteiger partial charge in [0.15, 0.2) is 17.5 Å². The molecule has 7 nitrogen and oxygen atoms in total. The third kappa shape index (κ3) is 6.64. The van der Waals surface area contributed by atoms with Gasteiger partial charge in [-0.25, -0.2) is 9.98 Å². The lowest BCUT2D eigenvalue weighted by Crippen LogP contribution is -2.33. The van der Waals surface area contributed by atoms with Gasteiger partial charge in [-0.05, 0) is 35.7 Å². The maximum Gasteiger partial charge on any atom is 0.218 e. The predicted molar refractivity (Wildman–Crippen MR) is 122 cm³/mol. The van der Waals surface area contributed by atoms with Gasteiger partial charge in [0.25, 0.3) is 0 Å². The monoisotopic (exact) mass is 420 g/mol. The summed E-state index contributed by atoms with van der Waals surface area (Å²) in [7, 11) is 3.25. The van der Waals surface area contributed by atoms with Crippen LogP contribution in [0, 0.1) is 0 Å². The number of aliphatic imine (C=N–C) groups is 1. The molecule has 0 radical (unpaired) electrons. The Bertz CT molecular complexity index is 993. The summed E-state index contributed by atoms with van der Waals surface area (Å²) in [6.45, 7) is 1.48. The van der Waals surface area contributed by atoms with Crippen LogP contribution in [0.3, 0.4) is 0 Å². The molecule has 0 unspecified atom stereocenters. The van der Waals surface area contributed by atoms with Crippen molar-refractivity contribution in [2.75, 3.05) is 20.8 Å². The number of guanidine groups is 1. The number of nitrogens with two attached hydrogens (primary N) is 1. The summed E-state index contributed by atoms with van der Waals surface area (Å²) in [5, 5.41) is 3.14. The molecule has 0 bridgehead atoms. The van der Waals surface area contributed by atoms with Crippen LogP contribution in [0.4, 0.5) is 0 Å². The zero-order valence-corrected chi connectivity index (χ0v) is 17.9. The second-order valence-corrected chi connectivity index (χ2v) is 6.81. The second-order valence-electron chi connectivity index (χ2n) is 6.81. The van der Waals surface area contributed by atoms with Crippen LogP contribution in [0.25, 0.3) is 0 Å². The normalized spacial score (nSPS) is 11.1. The van der Waals surface area contributed by atoms with Gasteiger partial charge >= 0.3 is 0 Å². The van der Waals surface area contributed by atoms with Crippen molar-refractivity contribution in [2.45, 2.75) is 19.6 Å². The van der Waals surface area contributed by atoms with E-state index in [-0.39, 0.29) is 0 Å². The average molecular weight is 421 g/mol. The quantitative estimate of drug-likeness (QED) is 0.386. The first kappa shape index (κ1) is 22.0. The van der Waals surface area contributed by atoms with Crippen LogP contribution >= 0.6 is 0 Å². The van der Waals surface area contributed by atoms with E-state index >= 15 is 0 Å². The Morgan fingerprint density at radius 3 is 2.55 bits per heavy atom. The number of benzene rings is 2. The van der Waals surface area contributed by atoms with E-state index in [0.29, 0.717) is 43.0 Å². The van der Waals surface area contributed by atoms with E-state index in [1.807, 2.05) is 60.7 Å². The number of rotatable bonds is 10. The third-order valence-corrected chi connectivity index (χ3v) is 4.66. The Kier molecular flexibility index (Phi) is 8.11. The molecule has 0 fully saturated rings. The second kappa shape index (κ2) is 11.4. The van der Waals surface area contributed by atoms with Crippen LogP contribution in [-0.2, 0) is 19.6 Å². The topological polar surface area (TPSA) is 91.0 Å². The summed E-state index contributed by atoms with van der Waals surface area (Å²) >= 11 is 0. The first-order valence-corrected chi connectivity index (χ1v) is 10.0. The standard InChI is InChI=1S/C24H28N4O3/c1-29-21-11-10-18(15-22(21)30-2)12-14-27-24(25)28-16-20-9-6-13-26-23(20)31-17-19-7-4-3-5-8-19/h3-11,13,15H,12,14,16-17H2,1-2H3,(H3,25,27,28). The zero-order chi connectivity index (χ0) is 21.9. The van der Waals surface area contributed by atoms with Gasteiger partial charge in [-0.1, -0.05) is 42.5 Å². The Balaban J connectivity index is 1.51. The Morgan fingerprint density at radius 1 is 0.968 bits per heavy atom. The van der Waals surface area contributed by atoms with Crippen molar-refractivity contribution in [2.24, 2.45) is 10.7 Å². The predicted octanol–water partition coefficient (Wildman–Crippen LogP) is 3.32. The van der Waals surface area contributed by atoms with E-state index in [1.54, 1.807) is 20.4 Å². The minimum atomic E-state index is 0.373. The van der Waals surface area contributed by atoms with Crippen molar-refractivity contribution in [3.63, 3.8) is 0 Å². The lowest BCUT2D eigenvalue weighted by molar-refractivity contribution is 0.290. The molecule has 31 heavy (non-hydrogen) atoms. The highest BCUT2D eigenvalue weighted by molar-refractivity contribution is 5.77. The molecule has 0 amide bonds. The van der Waals surface area contributed by atoms with Crippen molar-refractivity contribution >= 4 is 5.96 Å². The highest BCUT2D eigenvalue weighted by Gasteiger charge is 2.06. The first-order valence-electron chi connectivity index (χ1n) is 10.0. The molecule has 7 heteroatoms. The molecule has 1 aromatic heterocycles. The molecule has 0 aliphatic heterocycles. The number of nitrogens with zero attached hydrogens (tertiary/aromatic N) is 2. The average Bonchev–Trinajstić information content (AvgIpc) is 2.82. The van der Waals surface area contributed by atoms with Gasteiger partial charge in [0.05, 0.1) is 20.8 Å². The number of pyridine rings is 1. The minimum absolute atomic E-state index is 0.373. The summed E-state index contributed by atoms with van der Waals surface area (Å²) in [5.41, 5.74) is 9.11. The first-order chi connectivity index (χ1) is 15.2. The zero-order valence-electron chi connectivity index (χ0n) is 17.9. The fourth-order valence-corrected chi connectivity index (χ4v) is 3.00. The number of nitrogens with one attached hydrogen (secondary N) is 1. The van der Waals surface area contributed by atoms with Gasteiger partial charge in [0.2, 0.25) is 5.88 Å². The highest BCUT2D eigenvalue weighted by Crippen LogP contribution is 2.27. The molecule has 0 spiro atoms. The largest absolute Gasteiger partial charge is 0.493 e. The van der Waals surface area contributed by atoms with Gasteiger partial charge in [-0.3, -0.25) is 0 Å². The van der Waals surface area contributed by atoms with Gasteiger partial charge in [-0.2, -0.15) is 0 Å². The third-order valence-electron chi connectivity index (χ3n) is 4.66. The maximum absolute atomic E-state index is 6.04. The number of hydrogen-bond acceptors (Lipinski definition) is 5. The molecule has 162 valence electrons. The van der Waals surface area contributed by atoms with Crippen LogP contribution in [0.2, 0.25) is 0 Å². The van der Waals surface area contributed by atoms with E-state index in [2.05, 4.69) is 15.3 Å². The smallest absolute Gasteiger partial charge is 0.218 e. The van der Waals surface area contributed by atoms with E-state index < -0.39 is 0 Å². The van der Waals surface area contributed by atoms with E-state index in [0.717, 1.165) is 23.1 Å². The fraction of sp³-hybridized carbons (Fsp3) is 0.250. The number of hydrogen-bond donors (Lipinski definition) is 2. The van der Waals surface area contributed by atoms with Gasteiger partial charge in [0.1, 0.15) is 6.61 Å². The van der Waals surface area contributed by atoms with Crippen LogP contribution in [-0.4, -0.2) is 31.7 Å². The van der Waals surface area contributed by atoms with Crippen LogP contribution in [0.5, 0.6) is 17.4 Å². The molecule has 3 rings (SSSR count). The summed E-state index contributed by atoms with van der Waals surface area (Å²) in [6, 6.07) is 19.6. The van der Waals surface area contributed by atoms with E-state index in [9.17, 15) is 0 Å². The van der Waals surface area contributed by atoms with Crippen molar-refractivity contribution in [3.8, 4) is 17.4 Å². The summed E-state index contributed by atoms with van der Waals surface area (Å²) in [5.74, 6) is 2.36. The van der Waals surface area contributed by atoms with Crippen molar-refractivity contribution < 1.29 is 14.2 Å². The van der Waals surface area contributed by atoms with Crippen molar-refractivity contribution in [3.05, 3.63) is 83.6 Å². The number of aromatic nitrogens is 1. The Hall–Kier alpha value is -3.74. The molecule has 0 aliphatic carbocycles. The van der Waals surface area contributed by atoms with E-state index in [1.165, 1.54) is 0 Å². The van der Waals surface area contributed by atoms with Gasteiger partial charge in [0, 0.05) is 18.3 Å². The molecule has 0 saturated heterocycles. The molecule has 3 aromatic rings. The molecule has 3 N–H and O–H groups in total. The Labute approximate surface area is 182 Å². The Morgan fingerprint density at radius 2 is 1.77 bits per heavy atom. The minimum Gasteiger partial charge on any atom is -0.493 e. The molecule has 0 aliphatic rings. The van der Waals surface area contributed by atoms with Crippen LogP contribution < -0.4 is 25.3 Å². The number of ether oxygens (including phenoxy) is 3. The SMILES string of the molecule is COc1ccc(CCNC(N)=NCc2cccnc2OCc2ccccc2)cc1OC. The van der Waals surface area contributed by atoms with Crippen molar-refractivity contribution in [1.29, 1.82) is 0 Å². The lowest BCUT2D eigenvalue weighted by atomic mass is 10.1. The highest BCUT2D eigenvalue weighted by atomic mass is 16.5. The summed E-state index contributed by atoms with van der Waals surface area (Å²) < 4.78 is 16.5. The lowest BCUT2D eigenvalue weighted by Gasteiger charge is -2.11. The molecule has 0 saturated carbocycles. The summed E-state index contributed by atoms with van der Waals surface area (Å²) in [4.78, 5) is 8.75. The molecule has 1 heterocycles. The fourth-order valence-electron chi connectivity index (χ4n) is 3.00. The number of methoxy groups -OCH3 is 2. The maximum atomic E-state index is 6.04. The van der Waals surface area contributed by atoms with Crippen LogP contribution in [0.15, 0.2) is 71.9 Å². The molecule has 0 atom stereocenters. The summed E-state index contributed by atoms with van der Waals surface area (Å²) in [6.07, 6.45) is 2.48. The van der Waals surface area contributed by atoms with Gasteiger partial charge < -0.3 is 25.3 Å². The molecule has 2 aromatic carbocycles. The van der Waals surface area contributed by atoms with Crippen molar-refractivity contribution in [1.82, 2.24) is 10.3 Å². The molecular formula is C24H28N4O3. The van der Waals surface area contributed by atoms with E-state index in [4.69, 9.17) is 19.9 Å². The van der Waals surface area contributed by atoms with Crippen LogP contribution in [0.1, 0.15) is 16.7 Å². The van der Waals surface area contributed by atoms with Gasteiger partial charge in [-0.15, -0.1) is 0 Å². The molecular weight excluding hydrogens is 392 g/mol.